The Balaban J connectivity index is 4.52. The van der Waals surface area contributed by atoms with Crippen LogP contribution < -0.4 is 0 Å². The summed E-state index contributed by atoms with van der Waals surface area (Å²) in [7, 11) is 0. The van der Waals surface area contributed by atoms with Crippen LogP contribution in [0.4, 0.5) is 0 Å². The van der Waals surface area contributed by atoms with Crippen molar-refractivity contribution in [3.63, 3.8) is 0 Å². The Labute approximate surface area is 119 Å². The molecule has 0 bridgehead atoms. The highest BCUT2D eigenvalue weighted by atomic mass is 32.2. The molecule has 0 rings (SSSR count). The van der Waals surface area contributed by atoms with Gasteiger partial charge in [0, 0.05) is 26.7 Å². The molecule has 0 aliphatic carbocycles. The second kappa shape index (κ2) is 9.67. The Bertz CT molecular complexity index is 344. The van der Waals surface area contributed by atoms with Gasteiger partial charge in [0.05, 0.1) is 0 Å². The van der Waals surface area contributed by atoms with Gasteiger partial charge < -0.3 is 9.47 Å². The molecule has 0 aromatic rings. The third-order valence-corrected chi connectivity index (χ3v) is 3.06. The van der Waals surface area contributed by atoms with Gasteiger partial charge in [-0.3, -0.25) is 9.59 Å². The predicted octanol–water partition coefficient (Wildman–Crippen LogP) is 3.08. The number of carbonyl (C=O) groups excluding carboxylic acids is 2. The lowest BCUT2D eigenvalue weighted by molar-refractivity contribution is -0.146. The van der Waals surface area contributed by atoms with E-state index in [1.165, 1.54) is 13.8 Å². The van der Waals surface area contributed by atoms with Crippen LogP contribution in [-0.2, 0) is 19.1 Å². The van der Waals surface area contributed by atoms with Crippen LogP contribution in [0.25, 0.3) is 0 Å². The Morgan fingerprint density at radius 1 is 1.21 bits per heavy atom. The maximum atomic E-state index is 11.1. The van der Waals surface area contributed by atoms with E-state index >= 15 is 0 Å². The van der Waals surface area contributed by atoms with Crippen molar-refractivity contribution in [2.75, 3.05) is 12.9 Å². The third kappa shape index (κ3) is 10.4. The van der Waals surface area contributed by atoms with Gasteiger partial charge in [-0.05, 0) is 24.2 Å². The first kappa shape index (κ1) is 17.8. The Morgan fingerprint density at radius 2 is 1.84 bits per heavy atom. The largest absolute Gasteiger partial charge is 0.462 e. The van der Waals surface area contributed by atoms with Gasteiger partial charge in [0.2, 0.25) is 0 Å². The standard InChI is InChI=1S/C14H22O4S/c1-10(2)8-13(18-12(4)16)9-14(19-5)6-7-17-11(3)15/h6,13H,1,7-9H2,2-5H3/b14-6-. The first-order chi connectivity index (χ1) is 8.85. The highest BCUT2D eigenvalue weighted by Crippen LogP contribution is 2.23. The molecule has 0 aliphatic rings. The highest BCUT2D eigenvalue weighted by molar-refractivity contribution is 8.02. The zero-order valence-corrected chi connectivity index (χ0v) is 12.8. The van der Waals surface area contributed by atoms with E-state index in [0.717, 1.165) is 10.5 Å². The maximum absolute atomic E-state index is 11.1. The van der Waals surface area contributed by atoms with E-state index in [-0.39, 0.29) is 24.6 Å². The minimum atomic E-state index is -0.310. The molecule has 0 amide bonds. The molecule has 0 saturated carbocycles. The molecule has 0 aromatic heterocycles. The summed E-state index contributed by atoms with van der Waals surface area (Å²) in [5.41, 5.74) is 0.965. The molecule has 19 heavy (non-hydrogen) atoms. The fraction of sp³-hybridized carbons (Fsp3) is 0.571. The van der Waals surface area contributed by atoms with E-state index in [1.807, 2.05) is 19.3 Å². The molecule has 0 spiro atoms. The summed E-state index contributed by atoms with van der Waals surface area (Å²) in [6.45, 7) is 8.74. The van der Waals surface area contributed by atoms with E-state index in [2.05, 4.69) is 6.58 Å². The average molecular weight is 286 g/mol. The highest BCUT2D eigenvalue weighted by Gasteiger charge is 2.14. The number of carbonyl (C=O) groups is 2. The summed E-state index contributed by atoms with van der Waals surface area (Å²) in [6.07, 6.45) is 4.79. The lowest BCUT2D eigenvalue weighted by atomic mass is 10.1. The minimum Gasteiger partial charge on any atom is -0.462 e. The smallest absolute Gasteiger partial charge is 0.302 e. The van der Waals surface area contributed by atoms with E-state index in [0.29, 0.717) is 12.8 Å². The summed E-state index contributed by atoms with van der Waals surface area (Å²) in [5.74, 6) is -0.609. The van der Waals surface area contributed by atoms with E-state index in [9.17, 15) is 9.59 Å². The molecular weight excluding hydrogens is 264 g/mol. The van der Waals surface area contributed by atoms with Crippen LogP contribution in [0, 0.1) is 0 Å². The van der Waals surface area contributed by atoms with E-state index in [4.69, 9.17) is 9.47 Å². The van der Waals surface area contributed by atoms with Gasteiger partial charge in [-0.25, -0.2) is 0 Å². The zero-order chi connectivity index (χ0) is 14.8. The zero-order valence-electron chi connectivity index (χ0n) is 12.0. The lowest BCUT2D eigenvalue weighted by Crippen LogP contribution is -2.17. The number of thioether (sulfide) groups is 1. The van der Waals surface area contributed by atoms with Crippen molar-refractivity contribution in [2.24, 2.45) is 0 Å². The fourth-order valence-electron chi connectivity index (χ4n) is 1.51. The molecule has 0 saturated heterocycles. The van der Waals surface area contributed by atoms with Crippen LogP contribution in [0.15, 0.2) is 23.1 Å². The normalized spacial score (nSPS) is 12.7. The molecule has 0 radical (unpaired) electrons. The van der Waals surface area contributed by atoms with Gasteiger partial charge in [-0.15, -0.1) is 18.3 Å². The van der Waals surface area contributed by atoms with Crippen LogP contribution in [0.3, 0.4) is 0 Å². The van der Waals surface area contributed by atoms with Crippen molar-refractivity contribution in [2.45, 2.75) is 39.7 Å². The summed E-state index contributed by atoms with van der Waals surface area (Å²) < 4.78 is 10.1. The van der Waals surface area contributed by atoms with Crippen LogP contribution in [0.1, 0.15) is 33.6 Å². The van der Waals surface area contributed by atoms with Gasteiger partial charge in [-0.2, -0.15) is 0 Å². The predicted molar refractivity (Wildman–Crippen MR) is 77.8 cm³/mol. The number of esters is 2. The van der Waals surface area contributed by atoms with Crippen molar-refractivity contribution < 1.29 is 19.1 Å². The lowest BCUT2D eigenvalue weighted by Gasteiger charge is -2.18. The van der Waals surface area contributed by atoms with Crippen LogP contribution >= 0.6 is 11.8 Å². The third-order valence-electron chi connectivity index (χ3n) is 2.20. The summed E-state index contributed by atoms with van der Waals surface area (Å²) in [6, 6.07) is 0. The van der Waals surface area contributed by atoms with Gasteiger partial charge >= 0.3 is 11.9 Å². The van der Waals surface area contributed by atoms with Gasteiger partial charge in [0.1, 0.15) is 12.7 Å². The Morgan fingerprint density at radius 3 is 2.26 bits per heavy atom. The second-order valence-corrected chi connectivity index (χ2v) is 5.21. The fourth-order valence-corrected chi connectivity index (χ4v) is 2.09. The molecule has 1 atom stereocenters. The summed E-state index contributed by atoms with van der Waals surface area (Å²) in [5, 5.41) is 0. The summed E-state index contributed by atoms with van der Waals surface area (Å²) >= 11 is 1.55. The maximum Gasteiger partial charge on any atom is 0.302 e. The topological polar surface area (TPSA) is 52.6 Å². The average Bonchev–Trinajstić information content (AvgIpc) is 2.25. The van der Waals surface area contributed by atoms with E-state index < -0.39 is 0 Å². The van der Waals surface area contributed by atoms with Crippen molar-refractivity contribution >= 4 is 23.7 Å². The van der Waals surface area contributed by atoms with Crippen molar-refractivity contribution in [3.05, 3.63) is 23.1 Å². The van der Waals surface area contributed by atoms with Gasteiger partial charge in [0.15, 0.2) is 0 Å². The first-order valence-corrected chi connectivity index (χ1v) is 7.25. The van der Waals surface area contributed by atoms with Crippen LogP contribution in [0.2, 0.25) is 0 Å². The minimum absolute atomic E-state index is 0.217. The number of ether oxygens (including phenoxy) is 2. The number of hydrogen-bond acceptors (Lipinski definition) is 5. The SMILES string of the molecule is C=C(C)CC(C/C(=C/COC(C)=O)SC)OC(C)=O. The molecule has 0 heterocycles. The van der Waals surface area contributed by atoms with Gasteiger partial charge in [-0.1, -0.05) is 5.57 Å². The van der Waals surface area contributed by atoms with Crippen LogP contribution in [0.5, 0.6) is 0 Å². The Hall–Kier alpha value is -1.23. The molecule has 0 fully saturated rings. The summed E-state index contributed by atoms with van der Waals surface area (Å²) in [4.78, 5) is 22.8. The number of hydrogen-bond donors (Lipinski definition) is 0. The Kier molecular flexibility index (Phi) is 9.04. The molecular formula is C14H22O4S. The van der Waals surface area contributed by atoms with Crippen molar-refractivity contribution in [1.29, 1.82) is 0 Å². The molecule has 0 N–H and O–H groups in total. The number of rotatable bonds is 8. The van der Waals surface area contributed by atoms with Crippen molar-refractivity contribution in [3.8, 4) is 0 Å². The first-order valence-electron chi connectivity index (χ1n) is 6.03. The molecule has 0 aliphatic heterocycles. The quantitative estimate of drug-likeness (QED) is 0.507. The monoisotopic (exact) mass is 286 g/mol. The molecule has 5 heteroatoms. The molecule has 4 nitrogen and oxygen atoms in total. The van der Waals surface area contributed by atoms with E-state index in [1.54, 1.807) is 11.8 Å². The van der Waals surface area contributed by atoms with Crippen LogP contribution in [-0.4, -0.2) is 30.9 Å². The molecule has 108 valence electrons. The second-order valence-electron chi connectivity index (χ2n) is 4.27. The molecule has 1 unspecified atom stereocenters. The molecule has 0 aromatic carbocycles. The van der Waals surface area contributed by atoms with Crippen molar-refractivity contribution in [1.82, 2.24) is 0 Å². The van der Waals surface area contributed by atoms with Gasteiger partial charge in [0.25, 0.3) is 0 Å².